The third-order valence-electron chi connectivity index (χ3n) is 2.78. The van der Waals surface area contributed by atoms with Crippen molar-refractivity contribution < 1.29 is 19.1 Å². The van der Waals surface area contributed by atoms with Crippen LogP contribution in [0, 0.1) is 12.3 Å². The van der Waals surface area contributed by atoms with Gasteiger partial charge in [0.2, 0.25) is 0 Å². The molecule has 5 heteroatoms. The molecular weight excluding hydrogens is 282 g/mol. The van der Waals surface area contributed by atoms with Gasteiger partial charge in [0.25, 0.3) is 0 Å². The van der Waals surface area contributed by atoms with Crippen molar-refractivity contribution in [2.24, 2.45) is 0 Å². The summed E-state index contributed by atoms with van der Waals surface area (Å²) < 4.78 is 9.96. The summed E-state index contributed by atoms with van der Waals surface area (Å²) in [6.07, 6.45) is 5.02. The standard InChI is InChI=1S/C17H21NO4/c1-7-12-8-13(11-15(19)21-6)10-14(9-12)18(5)16(20)22-17(2,3)4/h1,8-10H,11H2,2-6H3. The van der Waals surface area contributed by atoms with Gasteiger partial charge in [0, 0.05) is 18.3 Å². The van der Waals surface area contributed by atoms with E-state index in [4.69, 9.17) is 11.2 Å². The average molecular weight is 303 g/mol. The SMILES string of the molecule is C#Cc1cc(CC(=O)OC)cc(N(C)C(=O)OC(C)(C)C)c1. The fraction of sp³-hybridized carbons (Fsp3) is 0.412. The zero-order chi connectivity index (χ0) is 16.9. The number of methoxy groups -OCH3 is 1. The van der Waals surface area contributed by atoms with Gasteiger partial charge in [-0.1, -0.05) is 5.92 Å². The quantitative estimate of drug-likeness (QED) is 0.636. The maximum absolute atomic E-state index is 12.1. The molecule has 0 N–H and O–H groups in total. The first-order chi connectivity index (χ1) is 10.2. The van der Waals surface area contributed by atoms with Crippen molar-refractivity contribution in [3.8, 4) is 12.3 Å². The Labute approximate surface area is 131 Å². The second-order valence-corrected chi connectivity index (χ2v) is 5.82. The van der Waals surface area contributed by atoms with Gasteiger partial charge in [-0.2, -0.15) is 0 Å². The van der Waals surface area contributed by atoms with Gasteiger partial charge in [-0.15, -0.1) is 6.42 Å². The number of terminal acetylenes is 1. The van der Waals surface area contributed by atoms with E-state index in [1.54, 1.807) is 46.0 Å². The monoisotopic (exact) mass is 303 g/mol. The summed E-state index contributed by atoms with van der Waals surface area (Å²) in [7, 11) is 2.91. The van der Waals surface area contributed by atoms with E-state index in [1.807, 2.05) is 0 Å². The van der Waals surface area contributed by atoms with Gasteiger partial charge in [-0.05, 0) is 44.5 Å². The summed E-state index contributed by atoms with van der Waals surface area (Å²) in [6, 6.07) is 5.11. The Kier molecular flexibility index (Phi) is 5.58. The van der Waals surface area contributed by atoms with E-state index in [0.29, 0.717) is 16.8 Å². The van der Waals surface area contributed by atoms with Crippen LogP contribution >= 0.6 is 0 Å². The molecule has 0 aromatic heterocycles. The number of amides is 1. The summed E-state index contributed by atoms with van der Waals surface area (Å²) in [5.41, 5.74) is 1.22. The Balaban J connectivity index is 3.07. The van der Waals surface area contributed by atoms with Crippen LogP contribution in [0.5, 0.6) is 0 Å². The number of esters is 1. The molecular formula is C17H21NO4. The minimum atomic E-state index is -0.593. The lowest BCUT2D eigenvalue weighted by molar-refractivity contribution is -0.139. The van der Waals surface area contributed by atoms with Crippen LogP contribution in [-0.4, -0.2) is 31.8 Å². The first-order valence-electron chi connectivity index (χ1n) is 6.80. The summed E-state index contributed by atoms with van der Waals surface area (Å²) in [4.78, 5) is 24.9. The van der Waals surface area contributed by atoms with Crippen molar-refractivity contribution in [2.75, 3.05) is 19.1 Å². The topological polar surface area (TPSA) is 55.8 Å². The van der Waals surface area contributed by atoms with Crippen molar-refractivity contribution in [3.05, 3.63) is 29.3 Å². The highest BCUT2D eigenvalue weighted by Gasteiger charge is 2.21. The summed E-state index contributed by atoms with van der Waals surface area (Å²) in [6.45, 7) is 5.37. The average Bonchev–Trinajstić information content (AvgIpc) is 2.43. The van der Waals surface area contributed by atoms with Gasteiger partial charge in [-0.25, -0.2) is 4.79 Å². The second-order valence-electron chi connectivity index (χ2n) is 5.82. The van der Waals surface area contributed by atoms with Gasteiger partial charge >= 0.3 is 12.1 Å². The lowest BCUT2D eigenvalue weighted by Crippen LogP contribution is -2.34. The molecule has 1 rings (SSSR count). The van der Waals surface area contributed by atoms with Crippen LogP contribution in [0.2, 0.25) is 0 Å². The highest BCUT2D eigenvalue weighted by atomic mass is 16.6. The van der Waals surface area contributed by atoms with Gasteiger partial charge in [0.15, 0.2) is 0 Å². The third-order valence-corrected chi connectivity index (χ3v) is 2.78. The molecule has 0 radical (unpaired) electrons. The van der Waals surface area contributed by atoms with E-state index in [9.17, 15) is 9.59 Å². The van der Waals surface area contributed by atoms with Crippen LogP contribution in [-0.2, 0) is 20.7 Å². The van der Waals surface area contributed by atoms with Crippen LogP contribution in [0.3, 0.4) is 0 Å². The zero-order valence-electron chi connectivity index (χ0n) is 13.6. The van der Waals surface area contributed by atoms with E-state index in [-0.39, 0.29) is 12.4 Å². The normalized spacial score (nSPS) is 10.5. The number of anilines is 1. The Bertz CT molecular complexity index is 608. The number of rotatable bonds is 3. The first-order valence-corrected chi connectivity index (χ1v) is 6.80. The van der Waals surface area contributed by atoms with E-state index >= 15 is 0 Å². The maximum atomic E-state index is 12.1. The van der Waals surface area contributed by atoms with Crippen molar-refractivity contribution in [1.29, 1.82) is 0 Å². The predicted octanol–water partition coefficient (Wildman–Crippen LogP) is 2.75. The molecule has 0 aliphatic heterocycles. The molecule has 0 atom stereocenters. The summed E-state index contributed by atoms with van der Waals surface area (Å²) in [5, 5.41) is 0. The molecule has 0 fully saturated rings. The van der Waals surface area contributed by atoms with Crippen LogP contribution < -0.4 is 4.90 Å². The zero-order valence-corrected chi connectivity index (χ0v) is 13.6. The number of hydrogen-bond acceptors (Lipinski definition) is 4. The van der Waals surface area contributed by atoms with Crippen molar-refractivity contribution in [2.45, 2.75) is 32.8 Å². The fourth-order valence-electron chi connectivity index (χ4n) is 1.73. The molecule has 0 heterocycles. The molecule has 0 bridgehead atoms. The number of benzene rings is 1. The van der Waals surface area contributed by atoms with E-state index in [2.05, 4.69) is 10.7 Å². The van der Waals surface area contributed by atoms with Gasteiger partial charge in [-0.3, -0.25) is 9.69 Å². The van der Waals surface area contributed by atoms with Crippen molar-refractivity contribution >= 4 is 17.7 Å². The van der Waals surface area contributed by atoms with E-state index in [1.165, 1.54) is 12.0 Å². The van der Waals surface area contributed by atoms with Crippen LogP contribution in [0.1, 0.15) is 31.9 Å². The molecule has 22 heavy (non-hydrogen) atoms. The smallest absolute Gasteiger partial charge is 0.414 e. The molecule has 0 unspecified atom stereocenters. The van der Waals surface area contributed by atoms with Crippen LogP contribution in [0.15, 0.2) is 18.2 Å². The summed E-state index contributed by atoms with van der Waals surface area (Å²) in [5.74, 6) is 2.14. The third kappa shape index (κ3) is 5.13. The maximum Gasteiger partial charge on any atom is 0.414 e. The molecule has 0 aliphatic rings. The highest BCUT2D eigenvalue weighted by Crippen LogP contribution is 2.21. The molecule has 1 aromatic rings. The van der Waals surface area contributed by atoms with Gasteiger partial charge < -0.3 is 9.47 Å². The Morgan fingerprint density at radius 1 is 1.27 bits per heavy atom. The highest BCUT2D eigenvalue weighted by molar-refractivity contribution is 5.88. The Hall–Kier alpha value is -2.48. The lowest BCUT2D eigenvalue weighted by Gasteiger charge is -2.25. The molecule has 0 aliphatic carbocycles. The molecule has 1 amide bonds. The number of hydrogen-bond donors (Lipinski definition) is 0. The molecule has 1 aromatic carbocycles. The van der Waals surface area contributed by atoms with Gasteiger partial charge in [0.05, 0.1) is 13.5 Å². The number of ether oxygens (including phenoxy) is 2. The molecule has 0 spiro atoms. The van der Waals surface area contributed by atoms with E-state index in [0.717, 1.165) is 0 Å². The number of carbonyl (C=O) groups is 2. The van der Waals surface area contributed by atoms with Gasteiger partial charge in [0.1, 0.15) is 5.60 Å². The van der Waals surface area contributed by atoms with Crippen molar-refractivity contribution in [3.63, 3.8) is 0 Å². The van der Waals surface area contributed by atoms with Crippen LogP contribution in [0.4, 0.5) is 10.5 Å². The number of carbonyl (C=O) groups excluding carboxylic acids is 2. The summed E-state index contributed by atoms with van der Waals surface area (Å²) >= 11 is 0. The van der Waals surface area contributed by atoms with Crippen LogP contribution in [0.25, 0.3) is 0 Å². The number of nitrogens with zero attached hydrogens (tertiary/aromatic N) is 1. The van der Waals surface area contributed by atoms with E-state index < -0.39 is 11.7 Å². The first kappa shape index (κ1) is 17.6. The largest absolute Gasteiger partial charge is 0.469 e. The molecule has 118 valence electrons. The second kappa shape index (κ2) is 6.99. The molecule has 0 saturated heterocycles. The Morgan fingerprint density at radius 3 is 2.41 bits per heavy atom. The minimum absolute atomic E-state index is 0.0845. The lowest BCUT2D eigenvalue weighted by atomic mass is 10.1. The predicted molar refractivity (Wildman–Crippen MR) is 84.7 cm³/mol. The molecule has 5 nitrogen and oxygen atoms in total. The molecule has 0 saturated carbocycles. The van der Waals surface area contributed by atoms with Crippen molar-refractivity contribution in [1.82, 2.24) is 0 Å². The Morgan fingerprint density at radius 2 is 1.91 bits per heavy atom. The fourth-order valence-corrected chi connectivity index (χ4v) is 1.73. The minimum Gasteiger partial charge on any atom is -0.469 e.